The minimum Gasteiger partial charge on any atom is -0.496 e. The number of hydrogen-bond acceptors (Lipinski definition) is 4. The van der Waals surface area contributed by atoms with Gasteiger partial charge in [-0.1, -0.05) is 6.07 Å². The van der Waals surface area contributed by atoms with E-state index in [0.717, 1.165) is 27.0 Å². The summed E-state index contributed by atoms with van der Waals surface area (Å²) in [6.45, 7) is 0. The van der Waals surface area contributed by atoms with Gasteiger partial charge in [0, 0.05) is 24.1 Å². The third-order valence-electron chi connectivity index (χ3n) is 2.99. The molecular formula is C14H16BrN3O. The molecule has 19 heavy (non-hydrogen) atoms. The average Bonchev–Trinajstić information content (AvgIpc) is 2.41. The molecule has 2 rings (SSSR count). The van der Waals surface area contributed by atoms with E-state index in [1.165, 1.54) is 0 Å². The Kier molecular flexibility index (Phi) is 4.39. The van der Waals surface area contributed by atoms with Crippen molar-refractivity contribution in [1.29, 1.82) is 0 Å². The van der Waals surface area contributed by atoms with E-state index in [1.54, 1.807) is 25.6 Å². The number of pyridine rings is 1. The fourth-order valence-corrected chi connectivity index (χ4v) is 2.43. The number of anilines is 1. The Labute approximate surface area is 120 Å². The molecule has 0 fully saturated rings. The minimum atomic E-state index is -0.131. The van der Waals surface area contributed by atoms with Crippen LogP contribution in [0.2, 0.25) is 0 Å². The van der Waals surface area contributed by atoms with Gasteiger partial charge in [0.1, 0.15) is 5.75 Å². The highest BCUT2D eigenvalue weighted by Gasteiger charge is 2.11. The van der Waals surface area contributed by atoms with Gasteiger partial charge in [-0.3, -0.25) is 4.98 Å². The Balaban J connectivity index is 2.18. The van der Waals surface area contributed by atoms with E-state index in [4.69, 9.17) is 16.2 Å². The molecule has 0 amide bonds. The number of hydrogen-bond donors (Lipinski definition) is 2. The summed E-state index contributed by atoms with van der Waals surface area (Å²) in [5.41, 5.74) is 14.8. The molecule has 4 N–H and O–H groups in total. The summed E-state index contributed by atoms with van der Waals surface area (Å²) in [7, 11) is 1.63. The molecule has 100 valence electrons. The zero-order valence-electron chi connectivity index (χ0n) is 10.6. The standard InChI is InChI=1S/C14H16BrN3O/c1-19-14-3-2-9(6-11(14)15)13(17)7-10-8-18-5-4-12(10)16/h2-6,8,13H,7,17H2,1H3,(H2,16,18). The van der Waals surface area contributed by atoms with Crippen LogP contribution in [0.1, 0.15) is 17.2 Å². The SMILES string of the molecule is COc1ccc(C(N)Cc2cnccc2N)cc1Br. The predicted octanol–water partition coefficient (Wildman–Crippen LogP) is 2.68. The Morgan fingerprint density at radius 1 is 1.37 bits per heavy atom. The Hall–Kier alpha value is -1.59. The zero-order chi connectivity index (χ0) is 13.8. The molecule has 0 radical (unpaired) electrons. The van der Waals surface area contributed by atoms with Gasteiger partial charge in [-0.25, -0.2) is 0 Å². The van der Waals surface area contributed by atoms with Gasteiger partial charge in [0.25, 0.3) is 0 Å². The highest BCUT2D eigenvalue weighted by atomic mass is 79.9. The number of benzene rings is 1. The first-order valence-electron chi connectivity index (χ1n) is 5.89. The van der Waals surface area contributed by atoms with Gasteiger partial charge < -0.3 is 16.2 Å². The first kappa shape index (κ1) is 13.8. The van der Waals surface area contributed by atoms with Crippen LogP contribution in [-0.4, -0.2) is 12.1 Å². The van der Waals surface area contributed by atoms with Gasteiger partial charge in [0.05, 0.1) is 11.6 Å². The van der Waals surface area contributed by atoms with Crippen LogP contribution in [0, 0.1) is 0 Å². The molecule has 1 aromatic heterocycles. The largest absolute Gasteiger partial charge is 0.496 e. The molecule has 0 aliphatic carbocycles. The monoisotopic (exact) mass is 321 g/mol. The van der Waals surface area contributed by atoms with E-state index < -0.39 is 0 Å². The topological polar surface area (TPSA) is 74.2 Å². The summed E-state index contributed by atoms with van der Waals surface area (Å²) in [4.78, 5) is 4.07. The van der Waals surface area contributed by atoms with Crippen LogP contribution in [-0.2, 0) is 6.42 Å². The fourth-order valence-electron chi connectivity index (χ4n) is 1.88. The summed E-state index contributed by atoms with van der Waals surface area (Å²) >= 11 is 3.46. The lowest BCUT2D eigenvalue weighted by Gasteiger charge is -2.14. The second-order valence-electron chi connectivity index (χ2n) is 4.28. The molecule has 5 heteroatoms. The lowest BCUT2D eigenvalue weighted by Crippen LogP contribution is -2.14. The second-order valence-corrected chi connectivity index (χ2v) is 5.13. The maximum absolute atomic E-state index is 6.21. The van der Waals surface area contributed by atoms with E-state index in [-0.39, 0.29) is 6.04 Å². The summed E-state index contributed by atoms with van der Waals surface area (Å²) in [6.07, 6.45) is 4.08. The van der Waals surface area contributed by atoms with E-state index in [2.05, 4.69) is 20.9 Å². The van der Waals surface area contributed by atoms with Crippen LogP contribution in [0.25, 0.3) is 0 Å². The van der Waals surface area contributed by atoms with Crippen LogP contribution in [0.15, 0.2) is 41.1 Å². The van der Waals surface area contributed by atoms with Crippen molar-refractivity contribution < 1.29 is 4.74 Å². The van der Waals surface area contributed by atoms with Gasteiger partial charge in [0.2, 0.25) is 0 Å². The van der Waals surface area contributed by atoms with Crippen molar-refractivity contribution in [3.63, 3.8) is 0 Å². The predicted molar refractivity (Wildman–Crippen MR) is 80.0 cm³/mol. The summed E-state index contributed by atoms with van der Waals surface area (Å²) in [5, 5.41) is 0. The van der Waals surface area contributed by atoms with Gasteiger partial charge >= 0.3 is 0 Å². The minimum absolute atomic E-state index is 0.131. The van der Waals surface area contributed by atoms with Crippen molar-refractivity contribution >= 4 is 21.6 Å². The first-order chi connectivity index (χ1) is 9.11. The van der Waals surface area contributed by atoms with Crippen molar-refractivity contribution in [3.05, 3.63) is 52.3 Å². The molecule has 4 nitrogen and oxygen atoms in total. The first-order valence-corrected chi connectivity index (χ1v) is 6.68. The van der Waals surface area contributed by atoms with Gasteiger partial charge in [-0.2, -0.15) is 0 Å². The van der Waals surface area contributed by atoms with Gasteiger partial charge in [-0.15, -0.1) is 0 Å². The number of nitrogen functional groups attached to an aromatic ring is 1. The third kappa shape index (κ3) is 3.24. The van der Waals surface area contributed by atoms with Crippen molar-refractivity contribution in [1.82, 2.24) is 4.98 Å². The van der Waals surface area contributed by atoms with Crippen molar-refractivity contribution in [2.24, 2.45) is 5.73 Å². The molecule has 0 aliphatic rings. The molecule has 1 heterocycles. The van der Waals surface area contributed by atoms with Crippen molar-refractivity contribution in [3.8, 4) is 5.75 Å². The van der Waals surface area contributed by atoms with Crippen molar-refractivity contribution in [2.75, 3.05) is 12.8 Å². The Morgan fingerprint density at radius 2 is 2.16 bits per heavy atom. The smallest absolute Gasteiger partial charge is 0.133 e. The summed E-state index contributed by atoms with van der Waals surface area (Å²) in [6, 6.07) is 7.48. The molecule has 0 bridgehead atoms. The number of nitrogens with two attached hydrogens (primary N) is 2. The summed E-state index contributed by atoms with van der Waals surface area (Å²) in [5.74, 6) is 0.789. The van der Waals surface area contributed by atoms with E-state index in [1.807, 2.05) is 18.2 Å². The molecule has 0 aliphatic heterocycles. The highest BCUT2D eigenvalue weighted by Crippen LogP contribution is 2.28. The molecule has 1 unspecified atom stereocenters. The quantitative estimate of drug-likeness (QED) is 0.907. The van der Waals surface area contributed by atoms with E-state index in [0.29, 0.717) is 6.42 Å². The maximum Gasteiger partial charge on any atom is 0.133 e. The van der Waals surface area contributed by atoms with Crippen LogP contribution in [0.5, 0.6) is 5.75 Å². The normalized spacial score (nSPS) is 12.2. The summed E-state index contributed by atoms with van der Waals surface area (Å²) < 4.78 is 6.09. The Morgan fingerprint density at radius 3 is 2.79 bits per heavy atom. The molecule has 0 spiro atoms. The van der Waals surface area contributed by atoms with Crippen LogP contribution in [0.3, 0.4) is 0 Å². The van der Waals surface area contributed by atoms with Gasteiger partial charge in [-0.05, 0) is 51.7 Å². The number of nitrogens with zero attached hydrogens (tertiary/aromatic N) is 1. The second kappa shape index (κ2) is 6.04. The molecule has 1 aromatic carbocycles. The lowest BCUT2D eigenvalue weighted by atomic mass is 10.00. The van der Waals surface area contributed by atoms with Crippen LogP contribution < -0.4 is 16.2 Å². The molecular weight excluding hydrogens is 306 g/mol. The number of methoxy groups -OCH3 is 1. The number of rotatable bonds is 4. The molecule has 1 atom stereocenters. The van der Waals surface area contributed by atoms with Crippen LogP contribution >= 0.6 is 15.9 Å². The van der Waals surface area contributed by atoms with Crippen LogP contribution in [0.4, 0.5) is 5.69 Å². The van der Waals surface area contributed by atoms with E-state index >= 15 is 0 Å². The number of halogens is 1. The van der Waals surface area contributed by atoms with Gasteiger partial charge in [0.15, 0.2) is 0 Å². The lowest BCUT2D eigenvalue weighted by molar-refractivity contribution is 0.412. The van der Waals surface area contributed by atoms with Crippen molar-refractivity contribution in [2.45, 2.75) is 12.5 Å². The number of ether oxygens (including phenoxy) is 1. The molecule has 2 aromatic rings. The molecule has 0 saturated heterocycles. The Bertz CT molecular complexity index is 574. The third-order valence-corrected chi connectivity index (χ3v) is 3.60. The average molecular weight is 322 g/mol. The fraction of sp³-hybridized carbons (Fsp3) is 0.214. The zero-order valence-corrected chi connectivity index (χ0v) is 12.2. The highest BCUT2D eigenvalue weighted by molar-refractivity contribution is 9.10. The number of aromatic nitrogens is 1. The molecule has 0 saturated carbocycles. The van der Waals surface area contributed by atoms with E-state index in [9.17, 15) is 0 Å². The maximum atomic E-state index is 6.21.